The van der Waals surface area contributed by atoms with Gasteiger partial charge < -0.3 is 75.1 Å². The number of nitrogens with one attached hydrogen (secondary N) is 4. The van der Waals surface area contributed by atoms with Crippen LogP contribution in [-0.2, 0) is 46.4 Å². The van der Waals surface area contributed by atoms with Gasteiger partial charge in [-0.2, -0.15) is 0 Å². The minimum atomic E-state index is -1.18. The summed E-state index contributed by atoms with van der Waals surface area (Å²) < 4.78 is 30.1. The number of benzene rings is 3. The summed E-state index contributed by atoms with van der Waals surface area (Å²) in [5.41, 5.74) is 1.75. The molecule has 28 heteroatoms. The molecule has 1 fully saturated rings. The van der Waals surface area contributed by atoms with E-state index in [4.69, 9.17) is 35.3 Å². The van der Waals surface area contributed by atoms with Gasteiger partial charge in [0.25, 0.3) is 5.56 Å². The Hall–Kier alpha value is -8.05. The van der Waals surface area contributed by atoms with Crippen molar-refractivity contribution in [1.29, 1.82) is 0 Å². The van der Waals surface area contributed by atoms with Gasteiger partial charge in [0.2, 0.25) is 0 Å². The highest BCUT2D eigenvalue weighted by atomic mass is 35.5. The van der Waals surface area contributed by atoms with E-state index >= 15 is 0 Å². The fourth-order valence-corrected chi connectivity index (χ4v) is 9.59. The zero-order valence-corrected chi connectivity index (χ0v) is 48.6. The zero-order valence-electron chi connectivity index (χ0n) is 47.8. The molecule has 4 amide bonds. The second kappa shape index (κ2) is 35.3. The Morgan fingerprint density at radius 3 is 1.89 bits per heavy atom. The highest BCUT2D eigenvalue weighted by Crippen LogP contribution is 2.30. The average Bonchev–Trinajstić information content (AvgIpc) is 2.67. The Labute approximate surface area is 496 Å². The number of amides is 4. The fraction of sp³-hybridized carbons (Fsp3) is 0.474. The number of pyridine rings is 1. The van der Waals surface area contributed by atoms with Gasteiger partial charge in [-0.05, 0) is 74.7 Å². The van der Waals surface area contributed by atoms with Crippen molar-refractivity contribution >= 4 is 64.9 Å². The molecule has 1 aromatic heterocycles. The van der Waals surface area contributed by atoms with Crippen LogP contribution in [0.15, 0.2) is 77.7 Å². The number of carboxylic acid groups (broad SMARTS) is 5. The normalized spacial score (nSPS) is 15.1. The molecule has 1 saturated heterocycles. The number of aryl methyl sites for hydroxylation is 1. The Morgan fingerprint density at radius 2 is 1.26 bits per heavy atom. The van der Waals surface area contributed by atoms with Crippen LogP contribution in [0.2, 0.25) is 5.02 Å². The molecule has 1 unspecified atom stereocenters. The number of nitrogens with zero attached hydrogens (tertiary/aromatic N) is 5. The number of hydrogen-bond donors (Lipinski definition) is 9. The van der Waals surface area contributed by atoms with Crippen molar-refractivity contribution in [2.75, 3.05) is 135 Å². The van der Waals surface area contributed by atoms with Gasteiger partial charge in [0.05, 0.1) is 84.8 Å². The molecule has 0 radical (unpaired) electrons. The molecule has 2 heterocycles. The standard InChI is InChI=1S/C57H76ClN9O18/c1-4-83-43-9-6-8-40(29-43)46(30-48(68)69)61-57(80)62-53-54(38(3)31-67(55(53)78)33-44-45(58)10-7-11-47(44)84-5-2)85-27-26-82-25-24-81-23-16-59-56(79)60-41-14-12-39(13-15-41)28-42-32-65(36-51(74)75)20-19-63(34-49(70)71)17-18-64(35-50(72)73)21-22-66(42)37-52(76)77/h6-15,29,31,42,46H,4-5,16-28,30,32-37H2,1-3H3,(H,68,69)(H,70,71)(H,72,73)(H,74,75)(H,76,77)(H2,59,60,79)(H2,61,62,80)/t42?,46-/m0/s1. The minimum absolute atomic E-state index is 0.0295. The molecule has 0 spiro atoms. The highest BCUT2D eigenvalue weighted by Gasteiger charge is 2.29. The maximum absolute atomic E-state index is 14.3. The summed E-state index contributed by atoms with van der Waals surface area (Å²) in [6, 6.07) is 15.6. The number of aliphatic carboxylic acids is 5. The predicted octanol–water partition coefficient (Wildman–Crippen LogP) is 3.70. The SMILES string of the molecule is CCOc1cccc([C@H](CC(=O)O)NC(=O)Nc2c(OCCOCCOCCNC(=O)Nc3ccc(CC4CN(CC(=O)O)CCN(CC(=O)O)CCN(CC(=O)O)CCN4CC(=O)O)cc3)c(C)cn(Cc3c(Cl)cccc3OCC)c2=O)c1. The number of anilines is 2. The quantitative estimate of drug-likeness (QED) is 0.0315. The number of urea groups is 2. The lowest BCUT2D eigenvalue weighted by atomic mass is 10.0. The molecule has 1 aliphatic rings. The van der Waals surface area contributed by atoms with Gasteiger partial charge >= 0.3 is 41.9 Å². The predicted molar refractivity (Wildman–Crippen MR) is 311 cm³/mol. The second-order valence-corrected chi connectivity index (χ2v) is 20.1. The van der Waals surface area contributed by atoms with E-state index in [1.807, 2.05) is 6.92 Å². The largest absolute Gasteiger partial charge is 0.494 e. The maximum Gasteiger partial charge on any atom is 0.319 e. The molecule has 9 N–H and O–H groups in total. The third kappa shape index (κ3) is 23.9. The smallest absolute Gasteiger partial charge is 0.319 e. The first-order chi connectivity index (χ1) is 40.7. The molecule has 1 aliphatic heterocycles. The number of aromatic nitrogens is 1. The number of carbonyl (C=O) groups excluding carboxylic acids is 2. The van der Waals surface area contributed by atoms with E-state index in [-0.39, 0.29) is 129 Å². The first-order valence-electron chi connectivity index (χ1n) is 27.6. The van der Waals surface area contributed by atoms with E-state index in [0.717, 1.165) is 5.56 Å². The lowest BCUT2D eigenvalue weighted by Gasteiger charge is -2.37. The van der Waals surface area contributed by atoms with Gasteiger partial charge in [-0.25, -0.2) is 9.59 Å². The van der Waals surface area contributed by atoms with Gasteiger partial charge in [0.15, 0.2) is 11.4 Å². The highest BCUT2D eigenvalue weighted by molar-refractivity contribution is 6.31. The van der Waals surface area contributed by atoms with Gasteiger partial charge in [-0.3, -0.25) is 48.4 Å². The summed E-state index contributed by atoms with van der Waals surface area (Å²) in [4.78, 5) is 107. The molecular weight excluding hydrogens is 1130 g/mol. The number of ether oxygens (including phenoxy) is 5. The molecule has 3 aromatic carbocycles. The van der Waals surface area contributed by atoms with Gasteiger partial charge in [-0.1, -0.05) is 41.9 Å². The van der Waals surface area contributed by atoms with Crippen LogP contribution >= 0.6 is 11.6 Å². The zero-order chi connectivity index (χ0) is 61.8. The van der Waals surface area contributed by atoms with Crippen LogP contribution in [0.5, 0.6) is 17.2 Å². The van der Waals surface area contributed by atoms with Crippen LogP contribution in [0.25, 0.3) is 0 Å². The molecule has 4 aromatic rings. The van der Waals surface area contributed by atoms with Gasteiger partial charge in [0.1, 0.15) is 18.1 Å². The lowest BCUT2D eigenvalue weighted by Crippen LogP contribution is -2.53. The van der Waals surface area contributed by atoms with Crippen LogP contribution < -0.4 is 41.0 Å². The number of carboxylic acids is 5. The van der Waals surface area contributed by atoms with Crippen molar-refractivity contribution < 1.29 is 82.8 Å². The minimum Gasteiger partial charge on any atom is -0.494 e. The summed E-state index contributed by atoms with van der Waals surface area (Å²) in [6.45, 7) is 6.08. The summed E-state index contributed by atoms with van der Waals surface area (Å²) in [6.07, 6.45) is 1.33. The third-order valence-electron chi connectivity index (χ3n) is 13.2. The van der Waals surface area contributed by atoms with Crippen molar-refractivity contribution in [1.82, 2.24) is 34.8 Å². The van der Waals surface area contributed by atoms with Crippen molar-refractivity contribution in [3.8, 4) is 17.2 Å². The average molecular weight is 1210 g/mol. The molecule has 27 nitrogen and oxygen atoms in total. The van der Waals surface area contributed by atoms with Crippen molar-refractivity contribution in [3.63, 3.8) is 0 Å². The maximum atomic E-state index is 14.3. The number of halogens is 1. The van der Waals surface area contributed by atoms with Crippen molar-refractivity contribution in [3.05, 3.63) is 111 Å². The monoisotopic (exact) mass is 1210 g/mol. The van der Waals surface area contributed by atoms with E-state index in [0.29, 0.717) is 52.1 Å². The fourth-order valence-electron chi connectivity index (χ4n) is 9.37. The number of carbonyl (C=O) groups is 7. The molecule has 85 heavy (non-hydrogen) atoms. The Kier molecular flexibility index (Phi) is 28.1. The molecular formula is C57H76ClN9O18. The van der Waals surface area contributed by atoms with Crippen LogP contribution in [0.1, 0.15) is 48.6 Å². The Balaban J connectivity index is 1.14. The summed E-state index contributed by atoms with van der Waals surface area (Å²) >= 11 is 6.58. The third-order valence-corrected chi connectivity index (χ3v) is 13.6. The van der Waals surface area contributed by atoms with E-state index in [9.17, 15) is 63.9 Å². The molecule has 0 aliphatic carbocycles. The second-order valence-electron chi connectivity index (χ2n) is 19.7. The van der Waals surface area contributed by atoms with E-state index in [1.165, 1.54) is 4.57 Å². The van der Waals surface area contributed by atoms with Crippen molar-refractivity contribution in [2.45, 2.75) is 52.2 Å². The summed E-state index contributed by atoms with van der Waals surface area (Å²) in [5.74, 6) is -4.62. The van der Waals surface area contributed by atoms with Gasteiger partial charge in [0, 0.05) is 86.4 Å². The van der Waals surface area contributed by atoms with E-state index in [2.05, 4.69) is 21.3 Å². The number of hydrogen-bond acceptors (Lipinski definition) is 17. The topological polar surface area (TPSA) is 350 Å². The molecule has 0 bridgehead atoms. The first kappa shape index (κ1) is 67.7. The summed E-state index contributed by atoms with van der Waals surface area (Å²) in [7, 11) is 0. The van der Waals surface area contributed by atoms with Crippen LogP contribution in [0, 0.1) is 6.92 Å². The summed E-state index contributed by atoms with van der Waals surface area (Å²) in [5, 5.41) is 59.6. The molecule has 2 atom stereocenters. The first-order valence-corrected chi connectivity index (χ1v) is 28.0. The van der Waals surface area contributed by atoms with E-state index < -0.39 is 72.5 Å². The van der Waals surface area contributed by atoms with E-state index in [1.54, 1.807) is 106 Å². The molecule has 5 rings (SSSR count). The van der Waals surface area contributed by atoms with Crippen LogP contribution in [0.4, 0.5) is 21.0 Å². The van der Waals surface area contributed by atoms with Gasteiger partial charge in [-0.15, -0.1) is 0 Å². The molecule has 464 valence electrons. The lowest BCUT2D eigenvalue weighted by molar-refractivity contribution is -0.142. The Bertz CT molecular complexity index is 2930. The van der Waals surface area contributed by atoms with Crippen LogP contribution in [-0.4, -0.2) is 222 Å². The number of rotatable bonds is 32. The van der Waals surface area contributed by atoms with Crippen molar-refractivity contribution in [2.24, 2.45) is 0 Å². The van der Waals surface area contributed by atoms with Crippen LogP contribution in [0.3, 0.4) is 0 Å². The Morgan fingerprint density at radius 1 is 0.659 bits per heavy atom. The molecule has 0 saturated carbocycles.